The molecule has 0 radical (unpaired) electrons. The van der Waals surface area contributed by atoms with Gasteiger partial charge in [0.05, 0.1) is 5.52 Å². The molecular weight excluding hydrogens is 270 g/mol. The van der Waals surface area contributed by atoms with Crippen molar-refractivity contribution in [1.29, 1.82) is 0 Å². The van der Waals surface area contributed by atoms with Crippen molar-refractivity contribution in [3.63, 3.8) is 0 Å². The van der Waals surface area contributed by atoms with Crippen LogP contribution in [-0.2, 0) is 12.8 Å². The first-order valence-corrected chi connectivity index (χ1v) is 8.82. The van der Waals surface area contributed by atoms with Crippen LogP contribution in [0.2, 0.25) is 0 Å². The number of carbonyl (C=O) groups is 1. The molecule has 0 aliphatic carbocycles. The highest BCUT2D eigenvalue weighted by atomic mass is 16.1. The Labute approximate surface area is 134 Å². The number of unbranched alkanes of at least 4 members (excludes halogenated alkanes) is 4. The molecule has 2 nitrogen and oxygen atoms in total. The van der Waals surface area contributed by atoms with E-state index in [4.69, 9.17) is 0 Å². The van der Waals surface area contributed by atoms with Crippen LogP contribution in [0.1, 0.15) is 75.3 Å². The van der Waals surface area contributed by atoms with Crippen LogP contribution in [-0.4, -0.2) is 10.5 Å². The molecule has 0 aliphatic heterocycles. The predicted molar refractivity (Wildman–Crippen MR) is 94.7 cm³/mol. The molecule has 1 heterocycles. The van der Waals surface area contributed by atoms with Gasteiger partial charge < -0.3 is 0 Å². The third-order valence-corrected chi connectivity index (χ3v) is 4.45. The highest BCUT2D eigenvalue weighted by Gasteiger charge is 2.18. The van der Waals surface area contributed by atoms with E-state index in [0.717, 1.165) is 18.4 Å². The van der Waals surface area contributed by atoms with Crippen LogP contribution in [0.25, 0.3) is 10.9 Å². The first-order chi connectivity index (χ1) is 10.7. The second-order valence-corrected chi connectivity index (χ2v) is 6.21. The van der Waals surface area contributed by atoms with Crippen molar-refractivity contribution in [2.24, 2.45) is 0 Å². The molecule has 22 heavy (non-hydrogen) atoms. The van der Waals surface area contributed by atoms with Gasteiger partial charge in [0.2, 0.25) is 5.91 Å². The van der Waals surface area contributed by atoms with E-state index < -0.39 is 0 Å². The lowest BCUT2D eigenvalue weighted by atomic mass is 10.0. The summed E-state index contributed by atoms with van der Waals surface area (Å²) in [6.45, 7) is 6.15. The lowest BCUT2D eigenvalue weighted by Crippen LogP contribution is -2.10. The van der Waals surface area contributed by atoms with Crippen molar-refractivity contribution < 1.29 is 4.79 Å². The zero-order valence-corrected chi connectivity index (χ0v) is 14.3. The number of hydrogen-bond donors (Lipinski definition) is 0. The van der Waals surface area contributed by atoms with Crippen molar-refractivity contribution >= 4 is 16.8 Å². The van der Waals surface area contributed by atoms with Gasteiger partial charge in [-0.15, -0.1) is 0 Å². The minimum atomic E-state index is 0.143. The summed E-state index contributed by atoms with van der Waals surface area (Å²) >= 11 is 0. The number of para-hydroxylation sites is 1. The van der Waals surface area contributed by atoms with Crippen LogP contribution in [0.15, 0.2) is 24.3 Å². The minimum absolute atomic E-state index is 0.143. The Bertz CT molecular complexity index is 624. The Hall–Kier alpha value is -1.57. The van der Waals surface area contributed by atoms with E-state index in [1.165, 1.54) is 55.2 Å². The van der Waals surface area contributed by atoms with Crippen molar-refractivity contribution in [3.8, 4) is 0 Å². The Morgan fingerprint density at radius 2 is 1.59 bits per heavy atom. The Balaban J connectivity index is 2.46. The number of carbonyl (C=O) groups excluding carboxylic acids is 1. The number of aryl methyl sites for hydroxylation is 1. The molecule has 0 saturated heterocycles. The Morgan fingerprint density at radius 3 is 2.23 bits per heavy atom. The standard InChI is InChI=1S/C20H29NO/c1-4-6-8-12-17-18-13-10-11-15-20(18)21(16(3)22)19(17)14-9-7-5-2/h10-11,13,15H,4-9,12,14H2,1-3H3. The van der Waals surface area contributed by atoms with Crippen LogP contribution in [0.5, 0.6) is 0 Å². The monoisotopic (exact) mass is 299 g/mol. The van der Waals surface area contributed by atoms with Gasteiger partial charge in [0.15, 0.2) is 0 Å². The molecule has 2 aromatic rings. The summed E-state index contributed by atoms with van der Waals surface area (Å²) in [5, 5.41) is 1.28. The smallest absolute Gasteiger partial charge is 0.228 e. The molecule has 0 unspecified atom stereocenters. The highest BCUT2D eigenvalue weighted by Crippen LogP contribution is 2.29. The summed E-state index contributed by atoms with van der Waals surface area (Å²) in [4.78, 5) is 12.2. The first-order valence-electron chi connectivity index (χ1n) is 8.82. The zero-order valence-electron chi connectivity index (χ0n) is 14.3. The molecule has 0 aliphatic rings. The third kappa shape index (κ3) is 3.60. The lowest BCUT2D eigenvalue weighted by molar-refractivity contribution is 0.0938. The number of fused-ring (bicyclic) bond motifs is 1. The van der Waals surface area contributed by atoms with E-state index in [-0.39, 0.29) is 5.91 Å². The van der Waals surface area contributed by atoms with Gasteiger partial charge in [0.25, 0.3) is 0 Å². The van der Waals surface area contributed by atoms with Gasteiger partial charge in [-0.05, 0) is 37.3 Å². The molecule has 120 valence electrons. The molecule has 0 saturated carbocycles. The van der Waals surface area contributed by atoms with Crippen molar-refractivity contribution in [3.05, 3.63) is 35.5 Å². The van der Waals surface area contributed by atoms with E-state index >= 15 is 0 Å². The molecular formula is C20H29NO. The summed E-state index contributed by atoms with van der Waals surface area (Å²) < 4.78 is 1.96. The van der Waals surface area contributed by atoms with E-state index in [2.05, 4.69) is 32.0 Å². The summed E-state index contributed by atoms with van der Waals surface area (Å²) in [6.07, 6.45) is 9.42. The number of rotatable bonds is 8. The summed E-state index contributed by atoms with van der Waals surface area (Å²) in [5.41, 5.74) is 3.77. The second-order valence-electron chi connectivity index (χ2n) is 6.21. The van der Waals surface area contributed by atoms with Gasteiger partial charge in [-0.25, -0.2) is 0 Å². The third-order valence-electron chi connectivity index (χ3n) is 4.45. The van der Waals surface area contributed by atoms with Gasteiger partial charge in [-0.3, -0.25) is 9.36 Å². The normalized spacial score (nSPS) is 11.2. The summed E-state index contributed by atoms with van der Waals surface area (Å²) in [5.74, 6) is 0.143. The van der Waals surface area contributed by atoms with Crippen molar-refractivity contribution in [1.82, 2.24) is 4.57 Å². The maximum atomic E-state index is 12.2. The molecule has 0 bridgehead atoms. The van der Waals surface area contributed by atoms with Crippen molar-refractivity contribution in [2.75, 3.05) is 0 Å². The molecule has 1 aromatic heterocycles. The van der Waals surface area contributed by atoms with Crippen molar-refractivity contribution in [2.45, 2.75) is 72.1 Å². The van der Waals surface area contributed by atoms with E-state index in [1.807, 2.05) is 10.6 Å². The molecule has 1 aromatic carbocycles. The van der Waals surface area contributed by atoms with Crippen LogP contribution in [0, 0.1) is 0 Å². The first kappa shape index (κ1) is 16.8. The van der Waals surface area contributed by atoms with Gasteiger partial charge in [0, 0.05) is 18.0 Å². The predicted octanol–water partition coefficient (Wildman–Crippen LogP) is 5.77. The fourth-order valence-electron chi connectivity index (χ4n) is 3.36. The molecule has 2 rings (SSSR count). The van der Waals surface area contributed by atoms with Gasteiger partial charge in [-0.1, -0.05) is 57.7 Å². The van der Waals surface area contributed by atoms with E-state index in [9.17, 15) is 4.79 Å². The fourth-order valence-corrected chi connectivity index (χ4v) is 3.36. The second kappa shape index (κ2) is 8.17. The average Bonchev–Trinajstić information content (AvgIpc) is 2.82. The van der Waals surface area contributed by atoms with Gasteiger partial charge >= 0.3 is 0 Å². The van der Waals surface area contributed by atoms with E-state index in [0.29, 0.717) is 0 Å². The number of aromatic nitrogens is 1. The Kier molecular flexibility index (Phi) is 6.23. The van der Waals surface area contributed by atoms with E-state index in [1.54, 1.807) is 6.92 Å². The molecule has 0 fully saturated rings. The maximum absolute atomic E-state index is 12.2. The van der Waals surface area contributed by atoms with Crippen LogP contribution in [0.4, 0.5) is 0 Å². The lowest BCUT2D eigenvalue weighted by Gasteiger charge is -2.09. The molecule has 2 heteroatoms. The SMILES string of the molecule is CCCCCc1c(CCCCC)n(C(C)=O)c2ccccc12. The summed E-state index contributed by atoms with van der Waals surface area (Å²) in [7, 11) is 0. The Morgan fingerprint density at radius 1 is 0.955 bits per heavy atom. The van der Waals surface area contributed by atoms with Crippen LogP contribution >= 0.6 is 0 Å². The topological polar surface area (TPSA) is 22.0 Å². The molecule has 0 atom stereocenters. The fraction of sp³-hybridized carbons (Fsp3) is 0.550. The maximum Gasteiger partial charge on any atom is 0.228 e. The zero-order chi connectivity index (χ0) is 15.9. The quantitative estimate of drug-likeness (QED) is 0.567. The summed E-state index contributed by atoms with van der Waals surface area (Å²) in [6, 6.07) is 8.39. The minimum Gasteiger partial charge on any atom is -0.284 e. The molecule has 0 amide bonds. The van der Waals surface area contributed by atoms with Crippen LogP contribution in [0.3, 0.4) is 0 Å². The number of nitrogens with zero attached hydrogens (tertiary/aromatic N) is 1. The van der Waals surface area contributed by atoms with Gasteiger partial charge in [0.1, 0.15) is 0 Å². The van der Waals surface area contributed by atoms with Gasteiger partial charge in [-0.2, -0.15) is 0 Å². The largest absolute Gasteiger partial charge is 0.284 e. The van der Waals surface area contributed by atoms with Crippen LogP contribution < -0.4 is 0 Å². The molecule has 0 spiro atoms. The molecule has 0 N–H and O–H groups in total. The average molecular weight is 299 g/mol. The highest BCUT2D eigenvalue weighted by molar-refractivity contribution is 5.95. The number of benzene rings is 1. The number of hydrogen-bond acceptors (Lipinski definition) is 1.